The van der Waals surface area contributed by atoms with Crippen molar-refractivity contribution in [2.45, 2.75) is 39.0 Å². The average Bonchev–Trinajstić information content (AvgIpc) is 3.73. The standard InChI is InChI=1S/C35H37N5O3/c36-33-32-31(27-12-7-13-30(16-27)42-21-24-8-3-1-4-9-24)20-39(34(32)38-23-37-33)17-26-14-28-18-40(19-29(28)15-26)35(41)43-22-25-10-5-2-6-11-25/h1-13,16,20,23,26,28-29,35,41H,14-15,17-19,21-22H2,(H2,36,37,38). The molecule has 1 saturated carbocycles. The molecule has 0 spiro atoms. The van der Waals surface area contributed by atoms with Gasteiger partial charge >= 0.3 is 0 Å². The van der Waals surface area contributed by atoms with Crippen molar-refractivity contribution in [2.24, 2.45) is 17.8 Å². The lowest BCUT2D eigenvalue weighted by Gasteiger charge is -2.24. The van der Waals surface area contributed by atoms with Gasteiger partial charge in [0.05, 0.1) is 12.0 Å². The molecular formula is C35H37N5O3. The molecular weight excluding hydrogens is 538 g/mol. The van der Waals surface area contributed by atoms with Crippen LogP contribution in [0.2, 0.25) is 0 Å². The molecule has 0 amide bonds. The molecule has 3 heterocycles. The van der Waals surface area contributed by atoms with Crippen LogP contribution in [-0.2, 0) is 24.5 Å². The van der Waals surface area contributed by atoms with Gasteiger partial charge in [-0.1, -0.05) is 72.8 Å². The zero-order valence-corrected chi connectivity index (χ0v) is 24.1. The minimum absolute atomic E-state index is 0.409. The second-order valence-electron chi connectivity index (χ2n) is 11.9. The van der Waals surface area contributed by atoms with Gasteiger partial charge in [-0.2, -0.15) is 0 Å². The van der Waals surface area contributed by atoms with Crippen LogP contribution in [0.25, 0.3) is 22.2 Å². The van der Waals surface area contributed by atoms with Gasteiger partial charge in [-0.15, -0.1) is 0 Å². The number of fused-ring (bicyclic) bond motifs is 2. The van der Waals surface area contributed by atoms with Crippen LogP contribution in [-0.4, -0.2) is 44.0 Å². The largest absolute Gasteiger partial charge is 0.489 e. The smallest absolute Gasteiger partial charge is 0.216 e. The van der Waals surface area contributed by atoms with Crippen molar-refractivity contribution in [2.75, 3.05) is 18.8 Å². The van der Waals surface area contributed by atoms with Gasteiger partial charge in [0.1, 0.15) is 30.1 Å². The van der Waals surface area contributed by atoms with Crippen LogP contribution in [0, 0.1) is 17.8 Å². The second-order valence-corrected chi connectivity index (χ2v) is 11.9. The molecule has 1 saturated heterocycles. The predicted octanol–water partition coefficient (Wildman–Crippen LogP) is 5.71. The Bertz CT molecular complexity index is 1660. The van der Waals surface area contributed by atoms with E-state index in [1.807, 2.05) is 60.7 Å². The van der Waals surface area contributed by atoms with E-state index in [2.05, 4.69) is 49.9 Å². The molecule has 220 valence electrons. The van der Waals surface area contributed by atoms with Crippen molar-refractivity contribution in [3.05, 3.63) is 109 Å². The molecule has 3 aromatic carbocycles. The normalized spacial score (nSPS) is 20.8. The van der Waals surface area contributed by atoms with E-state index in [1.165, 1.54) is 0 Å². The Morgan fingerprint density at radius 1 is 0.860 bits per heavy atom. The molecule has 3 N–H and O–H groups in total. The van der Waals surface area contributed by atoms with Gasteiger partial charge in [-0.05, 0) is 59.4 Å². The highest BCUT2D eigenvalue weighted by Crippen LogP contribution is 2.44. The Kier molecular flexibility index (Phi) is 7.80. The van der Waals surface area contributed by atoms with Gasteiger partial charge in [-0.3, -0.25) is 4.90 Å². The number of aliphatic hydroxyl groups excluding tert-OH is 1. The SMILES string of the molecule is Nc1ncnc2c1c(-c1cccc(OCc3ccccc3)c1)cn2CC1CC2CN(C(O)OCc3ccccc3)CC2C1. The summed E-state index contributed by atoms with van der Waals surface area (Å²) in [6.07, 6.45) is 5.09. The molecule has 2 aliphatic rings. The number of rotatable bonds is 10. The first kappa shape index (κ1) is 27.6. The fourth-order valence-corrected chi connectivity index (χ4v) is 6.92. The van der Waals surface area contributed by atoms with E-state index < -0.39 is 6.41 Å². The van der Waals surface area contributed by atoms with Crippen LogP contribution in [0.5, 0.6) is 5.75 Å². The summed E-state index contributed by atoms with van der Waals surface area (Å²) < 4.78 is 14.2. The highest BCUT2D eigenvalue weighted by Gasteiger charge is 2.42. The molecule has 3 unspecified atom stereocenters. The number of hydrogen-bond acceptors (Lipinski definition) is 7. The van der Waals surface area contributed by atoms with Crippen molar-refractivity contribution >= 4 is 16.9 Å². The van der Waals surface area contributed by atoms with Crippen molar-refractivity contribution in [1.82, 2.24) is 19.4 Å². The Morgan fingerprint density at radius 3 is 2.28 bits per heavy atom. The summed E-state index contributed by atoms with van der Waals surface area (Å²) >= 11 is 0. The summed E-state index contributed by atoms with van der Waals surface area (Å²) in [6, 6.07) is 28.3. The number of aliphatic hydroxyl groups is 1. The number of benzene rings is 3. The Labute approximate surface area is 251 Å². The zero-order chi connectivity index (χ0) is 29.2. The monoisotopic (exact) mass is 575 g/mol. The van der Waals surface area contributed by atoms with E-state index in [0.29, 0.717) is 36.8 Å². The topological polar surface area (TPSA) is 98.7 Å². The average molecular weight is 576 g/mol. The van der Waals surface area contributed by atoms with Gasteiger partial charge in [0.15, 0.2) is 0 Å². The second kappa shape index (κ2) is 12.2. The van der Waals surface area contributed by atoms with Crippen LogP contribution >= 0.6 is 0 Å². The maximum absolute atomic E-state index is 10.7. The third-order valence-corrected chi connectivity index (χ3v) is 8.96. The molecule has 0 bridgehead atoms. The van der Waals surface area contributed by atoms with E-state index in [0.717, 1.165) is 71.5 Å². The number of hydrogen-bond donors (Lipinski definition) is 2. The van der Waals surface area contributed by atoms with E-state index in [9.17, 15) is 5.11 Å². The number of aromatic nitrogens is 3. The quantitative estimate of drug-likeness (QED) is 0.206. The minimum Gasteiger partial charge on any atom is -0.489 e. The highest BCUT2D eigenvalue weighted by atomic mass is 16.6. The predicted molar refractivity (Wildman–Crippen MR) is 167 cm³/mol. The summed E-state index contributed by atoms with van der Waals surface area (Å²) in [5.41, 5.74) is 11.5. The third kappa shape index (κ3) is 5.99. The molecule has 1 aliphatic heterocycles. The first-order valence-electron chi connectivity index (χ1n) is 15.0. The molecule has 8 heteroatoms. The lowest BCUT2D eigenvalue weighted by molar-refractivity contribution is -0.195. The summed E-state index contributed by atoms with van der Waals surface area (Å²) in [5.74, 6) is 2.93. The lowest BCUT2D eigenvalue weighted by atomic mass is 10.0. The van der Waals surface area contributed by atoms with E-state index in [4.69, 9.17) is 15.2 Å². The van der Waals surface area contributed by atoms with Gasteiger partial charge < -0.3 is 24.9 Å². The molecule has 2 aromatic heterocycles. The number of likely N-dealkylation sites (tertiary alicyclic amines) is 1. The number of nitrogens with zero attached hydrogens (tertiary/aromatic N) is 4. The Balaban J connectivity index is 1.03. The molecule has 43 heavy (non-hydrogen) atoms. The first-order chi connectivity index (χ1) is 21.1. The Morgan fingerprint density at radius 2 is 1.56 bits per heavy atom. The van der Waals surface area contributed by atoms with Crippen molar-refractivity contribution in [1.29, 1.82) is 0 Å². The maximum Gasteiger partial charge on any atom is 0.216 e. The van der Waals surface area contributed by atoms with Crippen molar-refractivity contribution in [3.8, 4) is 16.9 Å². The number of nitrogen functional groups attached to an aromatic ring is 1. The van der Waals surface area contributed by atoms with Crippen LogP contribution in [0.4, 0.5) is 5.82 Å². The number of ether oxygens (including phenoxy) is 2. The van der Waals surface area contributed by atoms with Gasteiger partial charge in [0.25, 0.3) is 0 Å². The lowest BCUT2D eigenvalue weighted by Crippen LogP contribution is -2.36. The maximum atomic E-state index is 10.7. The van der Waals surface area contributed by atoms with Gasteiger partial charge in [-0.25, -0.2) is 9.97 Å². The molecule has 3 atom stereocenters. The third-order valence-electron chi connectivity index (χ3n) is 8.96. The molecule has 7 rings (SSSR count). The first-order valence-corrected chi connectivity index (χ1v) is 15.0. The summed E-state index contributed by atoms with van der Waals surface area (Å²) in [7, 11) is 0. The summed E-state index contributed by atoms with van der Waals surface area (Å²) in [6.45, 7) is 3.51. The molecule has 5 aromatic rings. The van der Waals surface area contributed by atoms with Gasteiger partial charge in [0.2, 0.25) is 6.41 Å². The van der Waals surface area contributed by atoms with Crippen molar-refractivity contribution in [3.63, 3.8) is 0 Å². The zero-order valence-electron chi connectivity index (χ0n) is 24.1. The van der Waals surface area contributed by atoms with Crippen molar-refractivity contribution < 1.29 is 14.6 Å². The van der Waals surface area contributed by atoms with Crippen LogP contribution in [0.1, 0.15) is 24.0 Å². The highest BCUT2D eigenvalue weighted by molar-refractivity contribution is 6.00. The molecule has 1 aliphatic carbocycles. The van der Waals surface area contributed by atoms with Crippen LogP contribution < -0.4 is 10.5 Å². The minimum atomic E-state index is -0.868. The van der Waals surface area contributed by atoms with Crippen LogP contribution in [0.15, 0.2) is 97.5 Å². The molecule has 2 fully saturated rings. The van der Waals surface area contributed by atoms with E-state index in [-0.39, 0.29) is 0 Å². The molecule has 8 nitrogen and oxygen atoms in total. The number of nitrogens with two attached hydrogens (primary N) is 1. The Hall–Kier alpha value is -4.24. The van der Waals surface area contributed by atoms with E-state index >= 15 is 0 Å². The number of anilines is 1. The fourth-order valence-electron chi connectivity index (χ4n) is 6.92. The van der Waals surface area contributed by atoms with E-state index in [1.54, 1.807) is 6.33 Å². The summed E-state index contributed by atoms with van der Waals surface area (Å²) in [5, 5.41) is 11.6. The van der Waals surface area contributed by atoms with Crippen LogP contribution in [0.3, 0.4) is 0 Å². The van der Waals surface area contributed by atoms with Gasteiger partial charge in [0, 0.05) is 31.4 Å². The fraction of sp³-hybridized carbons (Fsp3) is 0.314. The summed E-state index contributed by atoms with van der Waals surface area (Å²) in [4.78, 5) is 11.1. The molecule has 0 radical (unpaired) electrons.